The molecule has 0 bridgehead atoms. The lowest BCUT2D eigenvalue weighted by Crippen LogP contribution is -2.47. The van der Waals surface area contributed by atoms with Gasteiger partial charge in [-0.25, -0.2) is 0 Å². The van der Waals surface area contributed by atoms with Gasteiger partial charge in [-0.2, -0.15) is 0 Å². The molecule has 0 aromatic heterocycles. The molecule has 0 aromatic rings. The quantitative estimate of drug-likeness (QED) is 0.395. The summed E-state index contributed by atoms with van der Waals surface area (Å²) in [5.74, 6) is 0. The van der Waals surface area contributed by atoms with Crippen molar-refractivity contribution in [3.63, 3.8) is 0 Å². The zero-order valence-electron chi connectivity index (χ0n) is 16.0. The summed E-state index contributed by atoms with van der Waals surface area (Å²) in [5.41, 5.74) is -1.30. The van der Waals surface area contributed by atoms with Gasteiger partial charge in [0.2, 0.25) is 0 Å². The SMILES string of the molecule is CCCCCCCCCCCCCC(O)C(C)(C)C(C)(C)O. The average Bonchev–Trinajstić information content (AvgIpc) is 2.43. The second kappa shape index (κ2) is 11.5. The summed E-state index contributed by atoms with van der Waals surface area (Å²) in [6.07, 6.45) is 15.0. The van der Waals surface area contributed by atoms with Crippen LogP contribution in [0.25, 0.3) is 0 Å². The molecule has 0 aliphatic rings. The number of hydrogen-bond donors (Lipinski definition) is 2. The molecule has 0 heterocycles. The number of aliphatic hydroxyl groups is 2. The second-order valence-electron chi connectivity index (χ2n) is 8.12. The zero-order valence-corrected chi connectivity index (χ0v) is 16.0. The Morgan fingerprint density at radius 2 is 1.05 bits per heavy atom. The fourth-order valence-corrected chi connectivity index (χ4v) is 2.77. The molecule has 0 saturated heterocycles. The number of unbranched alkanes of at least 4 members (excludes halogenated alkanes) is 10. The van der Waals surface area contributed by atoms with Crippen molar-refractivity contribution in [3.8, 4) is 0 Å². The minimum absolute atomic E-state index is 0.425. The molecule has 0 aliphatic heterocycles. The molecular formula is C20H42O2. The van der Waals surface area contributed by atoms with Crippen LogP contribution in [-0.2, 0) is 0 Å². The Kier molecular flexibility index (Phi) is 11.4. The molecule has 2 heteroatoms. The van der Waals surface area contributed by atoms with Crippen LogP contribution in [0.1, 0.15) is 112 Å². The normalized spacial score (nSPS) is 14.3. The summed E-state index contributed by atoms with van der Waals surface area (Å²) >= 11 is 0. The van der Waals surface area contributed by atoms with Crippen molar-refractivity contribution in [1.82, 2.24) is 0 Å². The largest absolute Gasteiger partial charge is 0.392 e. The lowest BCUT2D eigenvalue weighted by atomic mass is 9.71. The van der Waals surface area contributed by atoms with E-state index in [0.29, 0.717) is 0 Å². The average molecular weight is 315 g/mol. The highest BCUT2D eigenvalue weighted by Crippen LogP contribution is 2.36. The van der Waals surface area contributed by atoms with E-state index in [9.17, 15) is 10.2 Å². The van der Waals surface area contributed by atoms with Crippen LogP contribution in [0.5, 0.6) is 0 Å². The van der Waals surface area contributed by atoms with E-state index >= 15 is 0 Å². The van der Waals surface area contributed by atoms with Gasteiger partial charge >= 0.3 is 0 Å². The molecule has 0 spiro atoms. The highest BCUT2D eigenvalue weighted by atomic mass is 16.3. The molecule has 0 aliphatic carbocycles. The molecule has 2 N–H and O–H groups in total. The molecule has 0 radical (unpaired) electrons. The van der Waals surface area contributed by atoms with Crippen LogP contribution in [0.2, 0.25) is 0 Å². The van der Waals surface area contributed by atoms with E-state index in [1.54, 1.807) is 13.8 Å². The van der Waals surface area contributed by atoms with Gasteiger partial charge in [0.1, 0.15) is 0 Å². The fourth-order valence-electron chi connectivity index (χ4n) is 2.77. The van der Waals surface area contributed by atoms with Gasteiger partial charge in [0.05, 0.1) is 11.7 Å². The number of hydrogen-bond acceptors (Lipinski definition) is 2. The predicted molar refractivity (Wildman–Crippen MR) is 97.2 cm³/mol. The third-order valence-electron chi connectivity index (χ3n) is 5.49. The van der Waals surface area contributed by atoms with Crippen molar-refractivity contribution in [3.05, 3.63) is 0 Å². The Bertz CT molecular complexity index is 253. The Labute approximate surface area is 139 Å². The first-order chi connectivity index (χ1) is 10.2. The van der Waals surface area contributed by atoms with Crippen molar-refractivity contribution in [2.24, 2.45) is 5.41 Å². The van der Waals surface area contributed by atoms with E-state index in [1.165, 1.54) is 64.2 Å². The van der Waals surface area contributed by atoms with Gasteiger partial charge in [0, 0.05) is 5.41 Å². The maximum Gasteiger partial charge on any atom is 0.0667 e. The Balaban J connectivity index is 3.50. The summed E-state index contributed by atoms with van der Waals surface area (Å²) in [5, 5.41) is 20.4. The minimum Gasteiger partial charge on any atom is -0.392 e. The van der Waals surface area contributed by atoms with E-state index < -0.39 is 17.1 Å². The number of rotatable bonds is 14. The third-order valence-corrected chi connectivity index (χ3v) is 5.49. The van der Waals surface area contributed by atoms with Crippen LogP contribution in [0.15, 0.2) is 0 Å². The first kappa shape index (κ1) is 21.9. The van der Waals surface area contributed by atoms with Crippen molar-refractivity contribution < 1.29 is 10.2 Å². The van der Waals surface area contributed by atoms with E-state index in [0.717, 1.165) is 12.8 Å². The van der Waals surface area contributed by atoms with Gasteiger partial charge < -0.3 is 10.2 Å². The molecule has 0 saturated carbocycles. The van der Waals surface area contributed by atoms with Crippen molar-refractivity contribution in [1.29, 1.82) is 0 Å². The van der Waals surface area contributed by atoms with Crippen molar-refractivity contribution >= 4 is 0 Å². The lowest BCUT2D eigenvalue weighted by Gasteiger charge is -2.41. The monoisotopic (exact) mass is 314 g/mol. The summed E-state index contributed by atoms with van der Waals surface area (Å²) in [7, 11) is 0. The minimum atomic E-state index is -0.843. The molecule has 0 rings (SSSR count). The fraction of sp³-hybridized carbons (Fsp3) is 1.00. The van der Waals surface area contributed by atoms with Gasteiger partial charge in [0.25, 0.3) is 0 Å². The molecule has 2 nitrogen and oxygen atoms in total. The zero-order chi connectivity index (χ0) is 17.1. The lowest BCUT2D eigenvalue weighted by molar-refractivity contribution is -0.106. The highest BCUT2D eigenvalue weighted by Gasteiger charge is 2.40. The van der Waals surface area contributed by atoms with Gasteiger partial charge in [-0.05, 0) is 20.3 Å². The maximum atomic E-state index is 10.3. The van der Waals surface area contributed by atoms with E-state index in [4.69, 9.17) is 0 Å². The molecule has 1 unspecified atom stereocenters. The molecule has 0 fully saturated rings. The van der Waals surface area contributed by atoms with E-state index in [1.807, 2.05) is 13.8 Å². The van der Waals surface area contributed by atoms with Crippen molar-refractivity contribution in [2.75, 3.05) is 0 Å². The smallest absolute Gasteiger partial charge is 0.0667 e. The molecule has 134 valence electrons. The summed E-state index contributed by atoms with van der Waals surface area (Å²) in [6, 6.07) is 0. The van der Waals surface area contributed by atoms with Gasteiger partial charge in [-0.3, -0.25) is 0 Å². The standard InChI is InChI=1S/C20H42O2/c1-6-7-8-9-10-11-12-13-14-15-16-17-18(21)19(2,3)20(4,5)22/h18,21-22H,6-17H2,1-5H3. The Morgan fingerprint density at radius 1 is 0.682 bits per heavy atom. The first-order valence-corrected chi connectivity index (χ1v) is 9.64. The Hall–Kier alpha value is -0.0800. The molecule has 0 amide bonds. The van der Waals surface area contributed by atoms with Crippen LogP contribution in [0.4, 0.5) is 0 Å². The molecular weight excluding hydrogens is 272 g/mol. The second-order valence-corrected chi connectivity index (χ2v) is 8.12. The maximum absolute atomic E-state index is 10.3. The summed E-state index contributed by atoms with van der Waals surface area (Å²) < 4.78 is 0. The molecule has 22 heavy (non-hydrogen) atoms. The van der Waals surface area contributed by atoms with Gasteiger partial charge in [-0.1, -0.05) is 91.4 Å². The van der Waals surface area contributed by atoms with E-state index in [2.05, 4.69) is 6.92 Å². The van der Waals surface area contributed by atoms with Crippen LogP contribution in [0, 0.1) is 5.41 Å². The van der Waals surface area contributed by atoms with E-state index in [-0.39, 0.29) is 0 Å². The van der Waals surface area contributed by atoms with Gasteiger partial charge in [0.15, 0.2) is 0 Å². The summed E-state index contributed by atoms with van der Waals surface area (Å²) in [4.78, 5) is 0. The highest BCUT2D eigenvalue weighted by molar-refractivity contribution is 4.91. The van der Waals surface area contributed by atoms with Gasteiger partial charge in [-0.15, -0.1) is 0 Å². The molecule has 0 aromatic carbocycles. The van der Waals surface area contributed by atoms with Crippen LogP contribution in [0.3, 0.4) is 0 Å². The Morgan fingerprint density at radius 3 is 1.41 bits per heavy atom. The summed E-state index contributed by atoms with van der Waals surface area (Å²) in [6.45, 7) is 9.75. The predicted octanol–water partition coefficient (Wildman–Crippen LogP) is 5.85. The topological polar surface area (TPSA) is 40.5 Å². The van der Waals surface area contributed by atoms with Crippen molar-refractivity contribution in [2.45, 2.75) is 123 Å². The third kappa shape index (κ3) is 9.15. The molecule has 1 atom stereocenters. The first-order valence-electron chi connectivity index (χ1n) is 9.64. The number of aliphatic hydroxyl groups excluding tert-OH is 1. The van der Waals surface area contributed by atoms with Crippen LogP contribution >= 0.6 is 0 Å². The van der Waals surface area contributed by atoms with Crippen LogP contribution < -0.4 is 0 Å². The van der Waals surface area contributed by atoms with Crippen LogP contribution in [-0.4, -0.2) is 21.9 Å².